The van der Waals surface area contributed by atoms with Gasteiger partial charge >= 0.3 is 0 Å². The van der Waals surface area contributed by atoms with Crippen molar-refractivity contribution in [1.29, 1.82) is 0 Å². The summed E-state index contributed by atoms with van der Waals surface area (Å²) in [4.78, 5) is 0. The lowest BCUT2D eigenvalue weighted by Crippen LogP contribution is -2.24. The predicted molar refractivity (Wildman–Crippen MR) is 56.4 cm³/mol. The van der Waals surface area contributed by atoms with Gasteiger partial charge in [0.15, 0.2) is 0 Å². The Morgan fingerprint density at radius 2 is 1.57 bits per heavy atom. The van der Waals surface area contributed by atoms with Crippen molar-refractivity contribution in [2.75, 3.05) is 40.1 Å². The van der Waals surface area contributed by atoms with Crippen LogP contribution < -0.4 is 5.73 Å². The van der Waals surface area contributed by atoms with Gasteiger partial charge in [-0.1, -0.05) is 0 Å². The van der Waals surface area contributed by atoms with E-state index in [1.54, 1.807) is 7.11 Å². The van der Waals surface area contributed by atoms with Crippen molar-refractivity contribution < 1.29 is 14.2 Å². The summed E-state index contributed by atoms with van der Waals surface area (Å²) in [5.74, 6) is 0. The molecule has 0 aliphatic carbocycles. The highest BCUT2D eigenvalue weighted by Gasteiger charge is 2.15. The van der Waals surface area contributed by atoms with Gasteiger partial charge in [-0.25, -0.2) is 0 Å². The van der Waals surface area contributed by atoms with E-state index in [1.165, 1.54) is 0 Å². The number of rotatable bonds is 9. The van der Waals surface area contributed by atoms with Crippen LogP contribution in [0.25, 0.3) is 0 Å². The summed E-state index contributed by atoms with van der Waals surface area (Å²) in [6.45, 7) is 7.20. The third kappa shape index (κ3) is 8.44. The molecule has 2 N–H and O–H groups in total. The van der Waals surface area contributed by atoms with E-state index in [0.717, 1.165) is 6.42 Å². The maximum absolute atomic E-state index is 5.37. The average molecular weight is 205 g/mol. The first-order valence-corrected chi connectivity index (χ1v) is 5.03. The minimum Gasteiger partial charge on any atom is -0.379 e. The van der Waals surface area contributed by atoms with Gasteiger partial charge in [0.2, 0.25) is 0 Å². The average Bonchev–Trinajstić information content (AvgIpc) is 2.16. The second-order valence-electron chi connectivity index (χ2n) is 3.73. The molecular formula is C10H23NO3. The molecule has 14 heavy (non-hydrogen) atoms. The molecule has 0 fully saturated rings. The molecule has 0 unspecified atom stereocenters. The molecule has 4 heteroatoms. The monoisotopic (exact) mass is 205 g/mol. The van der Waals surface area contributed by atoms with Crippen LogP contribution in [0.2, 0.25) is 0 Å². The van der Waals surface area contributed by atoms with E-state index in [0.29, 0.717) is 33.0 Å². The molecule has 0 atom stereocenters. The van der Waals surface area contributed by atoms with Crippen LogP contribution in [0.4, 0.5) is 0 Å². The second-order valence-corrected chi connectivity index (χ2v) is 3.73. The van der Waals surface area contributed by atoms with Gasteiger partial charge in [-0.15, -0.1) is 0 Å². The summed E-state index contributed by atoms with van der Waals surface area (Å²) in [7, 11) is 1.71. The maximum Gasteiger partial charge on any atom is 0.0701 e. The number of methoxy groups -OCH3 is 1. The van der Waals surface area contributed by atoms with Gasteiger partial charge in [0.25, 0.3) is 0 Å². The number of nitrogens with two attached hydrogens (primary N) is 1. The van der Waals surface area contributed by atoms with E-state index in [4.69, 9.17) is 19.9 Å². The molecule has 4 nitrogen and oxygen atoms in total. The fourth-order valence-electron chi connectivity index (χ4n) is 0.825. The molecule has 0 radical (unpaired) electrons. The Balaban J connectivity index is 3.13. The molecule has 0 amide bonds. The first kappa shape index (κ1) is 13.8. The van der Waals surface area contributed by atoms with Gasteiger partial charge in [-0.2, -0.15) is 0 Å². The standard InChI is InChI=1S/C10H23NO3/c1-10(2,12-3)4-6-13-8-9-14-7-5-11/h4-9,11H2,1-3H3. The van der Waals surface area contributed by atoms with Crippen molar-refractivity contribution in [2.45, 2.75) is 25.9 Å². The lowest BCUT2D eigenvalue weighted by atomic mass is 10.1. The third-order valence-electron chi connectivity index (χ3n) is 2.04. The van der Waals surface area contributed by atoms with Crippen LogP contribution in [-0.4, -0.2) is 45.7 Å². The Morgan fingerprint density at radius 3 is 2.07 bits per heavy atom. The van der Waals surface area contributed by atoms with Gasteiger partial charge in [0.05, 0.1) is 25.4 Å². The van der Waals surface area contributed by atoms with Crippen molar-refractivity contribution in [3.05, 3.63) is 0 Å². The maximum atomic E-state index is 5.37. The quantitative estimate of drug-likeness (QED) is 0.565. The highest BCUT2D eigenvalue weighted by Crippen LogP contribution is 2.12. The fraction of sp³-hybridized carbons (Fsp3) is 1.00. The normalized spacial score (nSPS) is 12.0. The zero-order chi connectivity index (χ0) is 10.9. The topological polar surface area (TPSA) is 53.7 Å². The summed E-state index contributed by atoms with van der Waals surface area (Å²) in [5, 5.41) is 0. The molecule has 0 rings (SSSR count). The van der Waals surface area contributed by atoms with Gasteiger partial charge < -0.3 is 19.9 Å². The minimum absolute atomic E-state index is 0.0991. The van der Waals surface area contributed by atoms with Crippen molar-refractivity contribution in [1.82, 2.24) is 0 Å². The summed E-state index contributed by atoms with van der Waals surface area (Å²) < 4.78 is 15.8. The Bertz CT molecular complexity index is 129. The number of ether oxygens (including phenoxy) is 3. The third-order valence-corrected chi connectivity index (χ3v) is 2.04. The first-order chi connectivity index (χ1) is 6.62. The highest BCUT2D eigenvalue weighted by atomic mass is 16.5. The fourth-order valence-corrected chi connectivity index (χ4v) is 0.825. The molecule has 0 spiro atoms. The van der Waals surface area contributed by atoms with Crippen molar-refractivity contribution >= 4 is 0 Å². The first-order valence-electron chi connectivity index (χ1n) is 5.03. The molecule has 0 saturated carbocycles. The Morgan fingerprint density at radius 1 is 1.00 bits per heavy atom. The summed E-state index contributed by atoms with van der Waals surface area (Å²) in [6, 6.07) is 0. The molecular weight excluding hydrogens is 182 g/mol. The summed E-state index contributed by atoms with van der Waals surface area (Å²) in [6.07, 6.45) is 0.889. The van der Waals surface area contributed by atoms with Crippen LogP contribution >= 0.6 is 0 Å². The van der Waals surface area contributed by atoms with E-state index >= 15 is 0 Å². The summed E-state index contributed by atoms with van der Waals surface area (Å²) in [5.41, 5.74) is 5.16. The van der Waals surface area contributed by atoms with Crippen LogP contribution in [0.15, 0.2) is 0 Å². The number of hydrogen-bond donors (Lipinski definition) is 1. The molecule has 0 heterocycles. The van der Waals surface area contributed by atoms with Crippen LogP contribution in [-0.2, 0) is 14.2 Å². The van der Waals surface area contributed by atoms with E-state index in [-0.39, 0.29) is 5.60 Å². The molecule has 0 aromatic heterocycles. The van der Waals surface area contributed by atoms with Gasteiger partial charge in [0, 0.05) is 20.3 Å². The predicted octanol–water partition coefficient (Wildman–Crippen LogP) is 0.793. The van der Waals surface area contributed by atoms with E-state index in [2.05, 4.69) is 0 Å². The molecule has 86 valence electrons. The van der Waals surface area contributed by atoms with Gasteiger partial charge in [0.1, 0.15) is 0 Å². The van der Waals surface area contributed by atoms with Gasteiger partial charge in [-0.3, -0.25) is 0 Å². The number of hydrogen-bond acceptors (Lipinski definition) is 4. The largest absolute Gasteiger partial charge is 0.379 e. The zero-order valence-electron chi connectivity index (χ0n) is 9.54. The van der Waals surface area contributed by atoms with E-state index in [1.807, 2.05) is 13.8 Å². The van der Waals surface area contributed by atoms with E-state index in [9.17, 15) is 0 Å². The molecule has 0 aliphatic rings. The highest BCUT2D eigenvalue weighted by molar-refractivity contribution is 4.66. The lowest BCUT2D eigenvalue weighted by Gasteiger charge is -2.22. The SMILES string of the molecule is COC(C)(C)CCOCCOCCN. The molecule has 0 aromatic carbocycles. The van der Waals surface area contributed by atoms with Crippen LogP contribution in [0.5, 0.6) is 0 Å². The Labute approximate surface area is 86.7 Å². The van der Waals surface area contributed by atoms with Crippen molar-refractivity contribution in [2.24, 2.45) is 5.73 Å². The zero-order valence-corrected chi connectivity index (χ0v) is 9.54. The molecule has 0 saturated heterocycles. The van der Waals surface area contributed by atoms with Crippen molar-refractivity contribution in [3.8, 4) is 0 Å². The van der Waals surface area contributed by atoms with Crippen molar-refractivity contribution in [3.63, 3.8) is 0 Å². The van der Waals surface area contributed by atoms with E-state index < -0.39 is 0 Å². The Hall–Kier alpha value is -0.160. The minimum atomic E-state index is -0.0991. The molecule has 0 bridgehead atoms. The van der Waals surface area contributed by atoms with Gasteiger partial charge in [-0.05, 0) is 20.3 Å². The van der Waals surface area contributed by atoms with Crippen LogP contribution in [0.1, 0.15) is 20.3 Å². The lowest BCUT2D eigenvalue weighted by molar-refractivity contribution is -0.0185. The second kappa shape index (κ2) is 8.17. The molecule has 0 aliphatic heterocycles. The summed E-state index contributed by atoms with van der Waals surface area (Å²) >= 11 is 0. The van der Waals surface area contributed by atoms with Crippen LogP contribution in [0.3, 0.4) is 0 Å². The Kier molecular flexibility index (Phi) is 8.08. The van der Waals surface area contributed by atoms with Crippen LogP contribution in [0, 0.1) is 0 Å². The molecule has 0 aromatic rings. The smallest absolute Gasteiger partial charge is 0.0701 e.